The van der Waals surface area contributed by atoms with Crippen molar-refractivity contribution in [3.8, 4) is 5.69 Å². The van der Waals surface area contributed by atoms with Crippen LogP contribution in [-0.4, -0.2) is 31.9 Å². The number of aromatic nitrogens is 4. The second-order valence-corrected chi connectivity index (χ2v) is 6.36. The minimum atomic E-state index is -0.0661. The van der Waals surface area contributed by atoms with Gasteiger partial charge in [0.05, 0.1) is 5.69 Å². The minimum Gasteiger partial charge on any atom is -0.326 e. The Morgan fingerprint density at radius 2 is 1.88 bits per heavy atom. The lowest BCUT2D eigenvalue weighted by atomic mass is 10.3. The molecule has 8 heteroatoms. The monoisotopic (exact) mass is 359 g/mol. The van der Waals surface area contributed by atoms with Gasteiger partial charge < -0.3 is 5.32 Å². The molecule has 2 aromatic carbocycles. The lowest BCUT2D eigenvalue weighted by Gasteiger charge is -2.06. The summed E-state index contributed by atoms with van der Waals surface area (Å²) in [5, 5.41) is 15.8. The van der Waals surface area contributed by atoms with E-state index in [1.165, 1.54) is 11.8 Å². The number of rotatable bonds is 6. The molecule has 0 saturated heterocycles. The molecule has 0 spiro atoms. The second kappa shape index (κ2) is 7.94. The first-order valence-electron chi connectivity index (χ1n) is 7.24. The Balaban J connectivity index is 1.53. The molecule has 1 aromatic heterocycles. The van der Waals surface area contributed by atoms with Gasteiger partial charge in [-0.25, -0.2) is 0 Å². The molecule has 0 aliphatic carbocycles. The molecule has 0 unspecified atom stereocenters. The van der Waals surface area contributed by atoms with Crippen molar-refractivity contribution in [1.82, 2.24) is 20.2 Å². The first-order valence-corrected chi connectivity index (χ1v) is 8.61. The number of hydrogen-bond acceptors (Lipinski definition) is 5. The molecular weight excluding hydrogens is 346 g/mol. The number of halogens is 1. The van der Waals surface area contributed by atoms with Crippen LogP contribution in [0.1, 0.15) is 6.42 Å². The van der Waals surface area contributed by atoms with Crippen molar-refractivity contribution >= 4 is 35.0 Å². The Morgan fingerprint density at radius 3 is 2.62 bits per heavy atom. The van der Waals surface area contributed by atoms with Gasteiger partial charge in [0, 0.05) is 22.9 Å². The molecule has 1 heterocycles. The molecule has 1 N–H and O–H groups in total. The fraction of sp³-hybridized carbons (Fsp3) is 0.125. The van der Waals surface area contributed by atoms with Gasteiger partial charge in [-0.15, -0.1) is 5.10 Å². The largest absolute Gasteiger partial charge is 0.326 e. The van der Waals surface area contributed by atoms with Gasteiger partial charge in [0.1, 0.15) is 0 Å². The Bertz CT molecular complexity index is 807. The molecule has 0 aliphatic rings. The minimum absolute atomic E-state index is 0.0661. The van der Waals surface area contributed by atoms with Gasteiger partial charge in [-0.1, -0.05) is 41.6 Å². The average Bonchev–Trinajstić information content (AvgIpc) is 3.06. The maximum atomic E-state index is 12.0. The van der Waals surface area contributed by atoms with Gasteiger partial charge in [0.15, 0.2) is 0 Å². The van der Waals surface area contributed by atoms with Crippen molar-refractivity contribution < 1.29 is 4.79 Å². The number of nitrogens with one attached hydrogen (secondary N) is 1. The molecule has 6 nitrogen and oxygen atoms in total. The van der Waals surface area contributed by atoms with Gasteiger partial charge >= 0.3 is 0 Å². The van der Waals surface area contributed by atoms with E-state index in [4.69, 9.17) is 11.6 Å². The van der Waals surface area contributed by atoms with E-state index in [0.717, 1.165) is 11.4 Å². The highest BCUT2D eigenvalue weighted by atomic mass is 35.5. The zero-order chi connectivity index (χ0) is 16.8. The van der Waals surface area contributed by atoms with Crippen molar-refractivity contribution in [2.75, 3.05) is 11.1 Å². The molecule has 0 atom stereocenters. The second-order valence-electron chi connectivity index (χ2n) is 4.86. The molecule has 0 saturated carbocycles. The predicted octanol–water partition coefficient (Wildman–Crippen LogP) is 3.44. The van der Waals surface area contributed by atoms with Crippen LogP contribution in [0.5, 0.6) is 0 Å². The van der Waals surface area contributed by atoms with Gasteiger partial charge in [-0.3, -0.25) is 4.79 Å². The van der Waals surface area contributed by atoms with Crippen LogP contribution in [0, 0.1) is 0 Å². The standard InChI is InChI=1S/C16H14ClN5OS/c17-12-6-8-13(9-7-12)18-15(23)10-11-24-16-19-20-21-22(16)14-4-2-1-3-5-14/h1-9H,10-11H2,(H,18,23). The van der Waals surface area contributed by atoms with Gasteiger partial charge in [0.2, 0.25) is 11.1 Å². The number of nitrogens with zero attached hydrogens (tertiary/aromatic N) is 4. The van der Waals surface area contributed by atoms with E-state index in [-0.39, 0.29) is 5.91 Å². The van der Waals surface area contributed by atoms with Crippen molar-refractivity contribution in [2.45, 2.75) is 11.6 Å². The third-order valence-electron chi connectivity index (χ3n) is 3.13. The quantitative estimate of drug-likeness (QED) is 0.682. The highest BCUT2D eigenvalue weighted by molar-refractivity contribution is 7.99. The normalized spacial score (nSPS) is 10.5. The third kappa shape index (κ3) is 4.33. The van der Waals surface area contributed by atoms with E-state index in [0.29, 0.717) is 22.4 Å². The van der Waals surface area contributed by atoms with E-state index >= 15 is 0 Å². The first kappa shape index (κ1) is 16.5. The Kier molecular flexibility index (Phi) is 5.45. The number of thioether (sulfide) groups is 1. The third-order valence-corrected chi connectivity index (χ3v) is 4.30. The van der Waals surface area contributed by atoms with E-state index in [1.54, 1.807) is 28.9 Å². The van der Waals surface area contributed by atoms with E-state index < -0.39 is 0 Å². The molecule has 3 aromatic rings. The molecule has 24 heavy (non-hydrogen) atoms. The molecule has 3 rings (SSSR count). The summed E-state index contributed by atoms with van der Waals surface area (Å²) in [5.74, 6) is 0.510. The molecule has 0 radical (unpaired) electrons. The molecular formula is C16H14ClN5OS. The zero-order valence-corrected chi connectivity index (χ0v) is 14.2. The Hall–Kier alpha value is -2.38. The molecule has 122 valence electrons. The van der Waals surface area contributed by atoms with Crippen LogP contribution in [-0.2, 0) is 4.79 Å². The molecule has 0 aliphatic heterocycles. The maximum Gasteiger partial charge on any atom is 0.225 e. The summed E-state index contributed by atoms with van der Waals surface area (Å²) in [6.07, 6.45) is 0.356. The zero-order valence-electron chi connectivity index (χ0n) is 12.6. The molecule has 0 bridgehead atoms. The average molecular weight is 360 g/mol. The van der Waals surface area contributed by atoms with Crippen molar-refractivity contribution in [1.29, 1.82) is 0 Å². The van der Waals surface area contributed by atoms with E-state index in [2.05, 4.69) is 20.8 Å². The van der Waals surface area contributed by atoms with Gasteiger partial charge in [-0.2, -0.15) is 4.68 Å². The van der Waals surface area contributed by atoms with Crippen LogP contribution >= 0.6 is 23.4 Å². The van der Waals surface area contributed by atoms with Gasteiger partial charge in [-0.05, 0) is 46.8 Å². The number of tetrazole rings is 1. The summed E-state index contributed by atoms with van der Waals surface area (Å²) in [6.45, 7) is 0. The summed E-state index contributed by atoms with van der Waals surface area (Å²) < 4.78 is 1.65. The summed E-state index contributed by atoms with van der Waals surface area (Å²) in [7, 11) is 0. The van der Waals surface area contributed by atoms with E-state index in [1.807, 2.05) is 30.3 Å². The smallest absolute Gasteiger partial charge is 0.225 e. The van der Waals surface area contributed by atoms with Crippen LogP contribution < -0.4 is 5.32 Å². The van der Waals surface area contributed by atoms with Crippen molar-refractivity contribution in [2.24, 2.45) is 0 Å². The lowest BCUT2D eigenvalue weighted by Crippen LogP contribution is -2.12. The van der Waals surface area contributed by atoms with Crippen molar-refractivity contribution in [3.63, 3.8) is 0 Å². The number of para-hydroxylation sites is 1. The number of carbonyl (C=O) groups excluding carboxylic acids is 1. The molecule has 1 amide bonds. The van der Waals surface area contributed by atoms with Gasteiger partial charge in [0.25, 0.3) is 0 Å². The summed E-state index contributed by atoms with van der Waals surface area (Å²) in [4.78, 5) is 12.0. The van der Waals surface area contributed by atoms with Crippen LogP contribution in [0.2, 0.25) is 5.02 Å². The predicted molar refractivity (Wildman–Crippen MR) is 94.6 cm³/mol. The molecule has 0 fully saturated rings. The Labute approximate surface area is 148 Å². The lowest BCUT2D eigenvalue weighted by molar-refractivity contribution is -0.115. The first-order chi connectivity index (χ1) is 11.7. The fourth-order valence-corrected chi connectivity index (χ4v) is 2.95. The van der Waals surface area contributed by atoms with E-state index in [9.17, 15) is 4.79 Å². The number of benzene rings is 2. The highest BCUT2D eigenvalue weighted by Gasteiger charge is 2.10. The SMILES string of the molecule is O=C(CCSc1nnnn1-c1ccccc1)Nc1ccc(Cl)cc1. The van der Waals surface area contributed by atoms with Crippen molar-refractivity contribution in [3.05, 3.63) is 59.6 Å². The number of anilines is 1. The summed E-state index contributed by atoms with van der Waals surface area (Å²) in [6, 6.07) is 16.6. The maximum absolute atomic E-state index is 12.0. The fourth-order valence-electron chi connectivity index (χ4n) is 1.99. The number of amides is 1. The van der Waals surface area contributed by atoms with Crippen LogP contribution in [0.3, 0.4) is 0 Å². The van der Waals surface area contributed by atoms with Crippen LogP contribution in [0.25, 0.3) is 5.69 Å². The Morgan fingerprint density at radius 1 is 1.12 bits per heavy atom. The van der Waals surface area contributed by atoms with Crippen LogP contribution in [0.4, 0.5) is 5.69 Å². The topological polar surface area (TPSA) is 72.7 Å². The number of carbonyl (C=O) groups is 1. The highest BCUT2D eigenvalue weighted by Crippen LogP contribution is 2.19. The summed E-state index contributed by atoms with van der Waals surface area (Å²) >= 11 is 7.25. The summed E-state index contributed by atoms with van der Waals surface area (Å²) in [5.41, 5.74) is 1.61. The van der Waals surface area contributed by atoms with Crippen LogP contribution in [0.15, 0.2) is 59.8 Å². The number of hydrogen-bond donors (Lipinski definition) is 1.